The van der Waals surface area contributed by atoms with E-state index >= 15 is 0 Å². The lowest BCUT2D eigenvalue weighted by Crippen LogP contribution is -2.37. The molecule has 6 nitrogen and oxygen atoms in total. The lowest BCUT2D eigenvalue weighted by molar-refractivity contribution is -0.137. The van der Waals surface area contributed by atoms with E-state index in [0.29, 0.717) is 41.2 Å². The van der Waals surface area contributed by atoms with Gasteiger partial charge in [-0.15, -0.1) is 24.0 Å². The van der Waals surface area contributed by atoms with Gasteiger partial charge in [-0.25, -0.2) is 0 Å². The van der Waals surface area contributed by atoms with Crippen LogP contribution in [0.25, 0.3) is 11.4 Å². The van der Waals surface area contributed by atoms with Crippen molar-refractivity contribution in [2.45, 2.75) is 19.1 Å². The normalized spacial score (nSPS) is 11.7. The fourth-order valence-corrected chi connectivity index (χ4v) is 2.75. The molecule has 3 rings (SSSR count). The largest absolute Gasteiger partial charge is 0.416 e. The van der Waals surface area contributed by atoms with Gasteiger partial charge in [-0.3, -0.25) is 4.99 Å². The van der Waals surface area contributed by atoms with E-state index in [4.69, 9.17) is 16.1 Å². The summed E-state index contributed by atoms with van der Waals surface area (Å²) in [6.07, 6.45) is -3.92. The number of nitrogens with one attached hydrogen (secondary N) is 2. The molecule has 3 aromatic rings. The first kappa shape index (κ1) is 24.9. The molecule has 0 saturated heterocycles. The highest BCUT2D eigenvalue weighted by molar-refractivity contribution is 14.0. The van der Waals surface area contributed by atoms with Crippen LogP contribution in [0.3, 0.4) is 0 Å². The zero-order valence-electron chi connectivity index (χ0n) is 16.4. The SMILES string of the molecule is CN=C(NCCc1nc(-c2ccc(Cl)cc2)no1)NCc1cccc(C(F)(F)F)c1.I. The van der Waals surface area contributed by atoms with Gasteiger partial charge in [0.25, 0.3) is 0 Å². The Morgan fingerprint density at radius 3 is 2.55 bits per heavy atom. The summed E-state index contributed by atoms with van der Waals surface area (Å²) in [6, 6.07) is 12.2. The van der Waals surface area contributed by atoms with Crippen LogP contribution in [-0.4, -0.2) is 29.7 Å². The minimum Gasteiger partial charge on any atom is -0.356 e. The Balaban J connectivity index is 0.00000341. The van der Waals surface area contributed by atoms with Gasteiger partial charge < -0.3 is 15.2 Å². The molecule has 0 aliphatic heterocycles. The van der Waals surface area contributed by atoms with Crippen LogP contribution in [0.5, 0.6) is 0 Å². The van der Waals surface area contributed by atoms with Crippen LogP contribution in [0.2, 0.25) is 5.02 Å². The minimum absolute atomic E-state index is 0. The number of halogens is 5. The molecule has 0 unspecified atom stereocenters. The molecular weight excluding hydrogens is 546 g/mol. The molecule has 11 heteroatoms. The Morgan fingerprint density at radius 2 is 1.87 bits per heavy atom. The second kappa shape index (κ2) is 11.3. The van der Waals surface area contributed by atoms with Crippen molar-refractivity contribution in [2.75, 3.05) is 13.6 Å². The van der Waals surface area contributed by atoms with Crippen LogP contribution in [0.4, 0.5) is 13.2 Å². The number of hydrogen-bond donors (Lipinski definition) is 2. The Morgan fingerprint density at radius 1 is 1.13 bits per heavy atom. The fourth-order valence-electron chi connectivity index (χ4n) is 2.62. The molecule has 31 heavy (non-hydrogen) atoms. The molecule has 0 spiro atoms. The Kier molecular flexibility index (Phi) is 9.11. The van der Waals surface area contributed by atoms with Gasteiger partial charge in [0.2, 0.25) is 11.7 Å². The van der Waals surface area contributed by atoms with E-state index in [1.807, 2.05) is 0 Å². The average molecular weight is 566 g/mol. The number of benzene rings is 2. The van der Waals surface area contributed by atoms with Crippen LogP contribution in [0.1, 0.15) is 17.0 Å². The first-order valence-corrected chi connectivity index (χ1v) is 9.42. The quantitative estimate of drug-likeness (QED) is 0.252. The molecule has 2 aromatic carbocycles. The van der Waals surface area contributed by atoms with E-state index in [1.54, 1.807) is 37.4 Å². The summed E-state index contributed by atoms with van der Waals surface area (Å²) in [5, 5.41) is 10.6. The third-order valence-electron chi connectivity index (χ3n) is 4.14. The molecule has 0 amide bonds. The number of hydrogen-bond acceptors (Lipinski definition) is 4. The molecule has 0 saturated carbocycles. The minimum atomic E-state index is -4.37. The molecule has 0 aliphatic carbocycles. The maximum absolute atomic E-state index is 12.8. The van der Waals surface area contributed by atoms with Crippen molar-refractivity contribution in [1.82, 2.24) is 20.8 Å². The van der Waals surface area contributed by atoms with Crippen molar-refractivity contribution in [3.05, 3.63) is 70.6 Å². The summed E-state index contributed by atoms with van der Waals surface area (Å²) in [7, 11) is 1.58. The number of aliphatic imine (C=N–C) groups is 1. The zero-order chi connectivity index (χ0) is 21.6. The molecule has 0 fully saturated rings. The first-order chi connectivity index (χ1) is 14.3. The van der Waals surface area contributed by atoms with Gasteiger partial charge in [0.1, 0.15) is 0 Å². The molecule has 1 aromatic heterocycles. The maximum atomic E-state index is 12.8. The third kappa shape index (κ3) is 7.39. The Bertz CT molecular complexity index is 1010. The lowest BCUT2D eigenvalue weighted by atomic mass is 10.1. The number of alkyl halides is 3. The van der Waals surface area contributed by atoms with Crippen molar-refractivity contribution < 1.29 is 17.7 Å². The van der Waals surface area contributed by atoms with Crippen LogP contribution in [-0.2, 0) is 19.1 Å². The third-order valence-corrected chi connectivity index (χ3v) is 4.39. The van der Waals surface area contributed by atoms with Crippen molar-refractivity contribution >= 4 is 41.5 Å². The Hall–Kier alpha value is -2.34. The predicted molar refractivity (Wildman–Crippen MR) is 124 cm³/mol. The van der Waals surface area contributed by atoms with Crippen molar-refractivity contribution in [3.8, 4) is 11.4 Å². The predicted octanol–water partition coefficient (Wildman–Crippen LogP) is 4.93. The summed E-state index contributed by atoms with van der Waals surface area (Å²) >= 11 is 5.87. The van der Waals surface area contributed by atoms with E-state index in [-0.39, 0.29) is 30.5 Å². The standard InChI is InChI=1S/C20H19ClF3N5O.HI/c1-25-19(27-12-13-3-2-4-15(11-13)20(22,23)24)26-10-9-17-28-18(29-30-17)14-5-7-16(21)8-6-14;/h2-8,11H,9-10,12H2,1H3,(H2,25,26,27);1H. The van der Waals surface area contributed by atoms with Gasteiger partial charge in [-0.05, 0) is 42.0 Å². The van der Waals surface area contributed by atoms with Gasteiger partial charge >= 0.3 is 6.18 Å². The number of rotatable bonds is 6. The number of guanidine groups is 1. The highest BCUT2D eigenvalue weighted by Gasteiger charge is 2.30. The monoisotopic (exact) mass is 565 g/mol. The molecule has 0 bridgehead atoms. The fraction of sp³-hybridized carbons (Fsp3) is 0.250. The number of aromatic nitrogens is 2. The smallest absolute Gasteiger partial charge is 0.356 e. The summed E-state index contributed by atoms with van der Waals surface area (Å²) < 4.78 is 43.7. The summed E-state index contributed by atoms with van der Waals surface area (Å²) in [4.78, 5) is 8.39. The summed E-state index contributed by atoms with van der Waals surface area (Å²) in [6.45, 7) is 0.648. The van der Waals surface area contributed by atoms with Crippen LogP contribution < -0.4 is 10.6 Å². The lowest BCUT2D eigenvalue weighted by Gasteiger charge is -2.12. The van der Waals surface area contributed by atoms with E-state index in [0.717, 1.165) is 17.7 Å². The Labute approximate surface area is 199 Å². The van der Waals surface area contributed by atoms with Gasteiger partial charge in [-0.1, -0.05) is 28.9 Å². The topological polar surface area (TPSA) is 75.3 Å². The highest BCUT2D eigenvalue weighted by Crippen LogP contribution is 2.29. The second-order valence-corrected chi connectivity index (χ2v) is 6.76. The molecule has 2 N–H and O–H groups in total. The van der Waals surface area contributed by atoms with E-state index in [2.05, 4.69) is 25.8 Å². The second-order valence-electron chi connectivity index (χ2n) is 6.32. The van der Waals surface area contributed by atoms with Gasteiger partial charge in [0.15, 0.2) is 5.96 Å². The van der Waals surface area contributed by atoms with Gasteiger partial charge in [0, 0.05) is 37.1 Å². The highest BCUT2D eigenvalue weighted by atomic mass is 127. The van der Waals surface area contributed by atoms with Crippen LogP contribution >= 0.6 is 35.6 Å². The van der Waals surface area contributed by atoms with Crippen molar-refractivity contribution in [2.24, 2.45) is 4.99 Å². The van der Waals surface area contributed by atoms with Gasteiger partial charge in [-0.2, -0.15) is 18.2 Å². The number of nitrogens with zero attached hydrogens (tertiary/aromatic N) is 3. The van der Waals surface area contributed by atoms with Crippen molar-refractivity contribution in [1.29, 1.82) is 0 Å². The summed E-state index contributed by atoms with van der Waals surface area (Å²) in [5.74, 6) is 1.36. The van der Waals surface area contributed by atoms with E-state index in [9.17, 15) is 13.2 Å². The van der Waals surface area contributed by atoms with E-state index in [1.165, 1.54) is 6.07 Å². The average Bonchev–Trinajstić information content (AvgIpc) is 3.19. The molecule has 0 radical (unpaired) electrons. The maximum Gasteiger partial charge on any atom is 0.416 e. The first-order valence-electron chi connectivity index (χ1n) is 9.04. The molecule has 0 aliphatic rings. The molecular formula is C20H20ClF3IN5O. The molecule has 0 atom stereocenters. The van der Waals surface area contributed by atoms with Crippen LogP contribution in [0, 0.1) is 0 Å². The van der Waals surface area contributed by atoms with Crippen LogP contribution in [0.15, 0.2) is 58.0 Å². The molecule has 166 valence electrons. The summed E-state index contributed by atoms with van der Waals surface area (Å²) in [5.41, 5.74) is 0.607. The van der Waals surface area contributed by atoms with Crippen molar-refractivity contribution in [3.63, 3.8) is 0 Å². The van der Waals surface area contributed by atoms with E-state index < -0.39 is 11.7 Å². The molecule has 1 heterocycles. The zero-order valence-corrected chi connectivity index (χ0v) is 19.5. The van der Waals surface area contributed by atoms with Gasteiger partial charge in [0.05, 0.1) is 5.56 Å².